The number of anilines is 2. The van der Waals surface area contributed by atoms with Crippen molar-refractivity contribution in [2.75, 3.05) is 23.8 Å². The van der Waals surface area contributed by atoms with Crippen LogP contribution in [0.15, 0.2) is 42.5 Å². The van der Waals surface area contributed by atoms with E-state index >= 15 is 0 Å². The van der Waals surface area contributed by atoms with E-state index in [9.17, 15) is 9.18 Å². The number of carbonyl (C=O) groups excluding carboxylic acids is 1. The number of amides is 1. The van der Waals surface area contributed by atoms with E-state index in [1.54, 1.807) is 24.3 Å². The Balaban J connectivity index is 1.85. The molecule has 0 saturated carbocycles. The van der Waals surface area contributed by atoms with Gasteiger partial charge in [-0.2, -0.15) is 0 Å². The Hall–Kier alpha value is -2.27. The van der Waals surface area contributed by atoms with Crippen molar-refractivity contribution in [2.45, 2.75) is 6.92 Å². The van der Waals surface area contributed by atoms with Crippen LogP contribution in [-0.4, -0.2) is 19.1 Å². The molecule has 0 aliphatic carbocycles. The molecule has 0 bridgehead atoms. The second-order valence-electron chi connectivity index (χ2n) is 4.49. The van der Waals surface area contributed by atoms with Crippen LogP contribution < -0.4 is 15.4 Å². The van der Waals surface area contributed by atoms with Gasteiger partial charge in [-0.25, -0.2) is 4.39 Å². The third-order valence-electron chi connectivity index (χ3n) is 2.82. The van der Waals surface area contributed by atoms with Gasteiger partial charge in [-0.15, -0.1) is 0 Å². The predicted octanol–water partition coefficient (Wildman–Crippen LogP) is 3.93. The summed E-state index contributed by atoms with van der Waals surface area (Å²) in [7, 11) is 0. The molecule has 0 aromatic heterocycles. The molecule has 2 rings (SSSR count). The molecule has 6 heteroatoms. The molecule has 116 valence electrons. The molecule has 0 aliphatic rings. The molecule has 0 fully saturated rings. The largest absolute Gasteiger partial charge is 0.494 e. The maximum Gasteiger partial charge on any atom is 0.243 e. The molecule has 0 spiro atoms. The van der Waals surface area contributed by atoms with E-state index < -0.39 is 5.82 Å². The number of ether oxygens (including phenoxy) is 1. The first-order chi connectivity index (χ1) is 10.6. The average molecular weight is 323 g/mol. The lowest BCUT2D eigenvalue weighted by Crippen LogP contribution is -2.21. The topological polar surface area (TPSA) is 50.4 Å². The number of hydrogen-bond donors (Lipinski definition) is 2. The Labute approximate surface area is 133 Å². The Morgan fingerprint density at radius 1 is 1.18 bits per heavy atom. The lowest BCUT2D eigenvalue weighted by Gasteiger charge is -2.09. The molecule has 0 unspecified atom stereocenters. The van der Waals surface area contributed by atoms with Crippen LogP contribution in [0.25, 0.3) is 0 Å². The lowest BCUT2D eigenvalue weighted by atomic mass is 10.3. The Morgan fingerprint density at radius 2 is 1.86 bits per heavy atom. The molecule has 2 aromatic rings. The zero-order valence-corrected chi connectivity index (χ0v) is 12.8. The van der Waals surface area contributed by atoms with Crippen molar-refractivity contribution >= 4 is 28.9 Å². The van der Waals surface area contributed by atoms with E-state index in [4.69, 9.17) is 16.3 Å². The molecule has 4 nitrogen and oxygen atoms in total. The summed E-state index contributed by atoms with van der Waals surface area (Å²) in [6.45, 7) is 2.55. The van der Waals surface area contributed by atoms with Gasteiger partial charge in [0, 0.05) is 11.4 Å². The van der Waals surface area contributed by atoms with Crippen LogP contribution in [0.1, 0.15) is 6.92 Å². The normalized spacial score (nSPS) is 10.1. The molecule has 0 atom stereocenters. The highest BCUT2D eigenvalue weighted by Crippen LogP contribution is 2.19. The number of carbonyl (C=O) groups is 1. The molecular formula is C16H16ClFN2O2. The van der Waals surface area contributed by atoms with Crippen molar-refractivity contribution in [2.24, 2.45) is 0 Å². The van der Waals surface area contributed by atoms with Gasteiger partial charge in [0.2, 0.25) is 5.91 Å². The monoisotopic (exact) mass is 322 g/mol. The molecule has 0 saturated heterocycles. The zero-order chi connectivity index (χ0) is 15.9. The van der Waals surface area contributed by atoms with Gasteiger partial charge in [-0.1, -0.05) is 11.6 Å². The second kappa shape index (κ2) is 7.66. The van der Waals surface area contributed by atoms with Crippen LogP contribution in [0.4, 0.5) is 15.8 Å². The van der Waals surface area contributed by atoms with Gasteiger partial charge in [0.05, 0.1) is 18.2 Å². The number of hydrogen-bond acceptors (Lipinski definition) is 3. The quantitative estimate of drug-likeness (QED) is 0.847. The standard InChI is InChI=1S/C16H16ClFN2O2/c1-2-22-13-6-3-11(4-7-13)20-16(21)10-19-12-5-8-15(18)14(17)9-12/h3-9,19H,2,10H2,1H3,(H,20,21). The van der Waals surface area contributed by atoms with Gasteiger partial charge >= 0.3 is 0 Å². The van der Waals surface area contributed by atoms with E-state index in [1.165, 1.54) is 18.2 Å². The highest BCUT2D eigenvalue weighted by atomic mass is 35.5. The fourth-order valence-corrected chi connectivity index (χ4v) is 1.98. The fourth-order valence-electron chi connectivity index (χ4n) is 1.79. The van der Waals surface area contributed by atoms with E-state index in [1.807, 2.05) is 6.92 Å². The van der Waals surface area contributed by atoms with Crippen LogP contribution >= 0.6 is 11.6 Å². The molecule has 0 aliphatic heterocycles. The minimum atomic E-state index is -0.494. The molecule has 0 heterocycles. The summed E-state index contributed by atoms with van der Waals surface area (Å²) in [5, 5.41) is 5.63. The predicted molar refractivity (Wildman–Crippen MR) is 86.1 cm³/mol. The summed E-state index contributed by atoms with van der Waals surface area (Å²) in [6.07, 6.45) is 0. The van der Waals surface area contributed by atoms with Crippen molar-refractivity contribution in [3.05, 3.63) is 53.3 Å². The van der Waals surface area contributed by atoms with Crippen molar-refractivity contribution < 1.29 is 13.9 Å². The number of benzene rings is 2. The third kappa shape index (κ3) is 4.63. The molecule has 22 heavy (non-hydrogen) atoms. The average Bonchev–Trinajstić information content (AvgIpc) is 2.51. The van der Waals surface area contributed by atoms with Crippen LogP contribution in [0.5, 0.6) is 5.75 Å². The van der Waals surface area contributed by atoms with Crippen molar-refractivity contribution in [3.8, 4) is 5.75 Å². The van der Waals surface area contributed by atoms with Gasteiger partial charge in [-0.3, -0.25) is 4.79 Å². The fraction of sp³-hybridized carbons (Fsp3) is 0.188. The summed E-state index contributed by atoms with van der Waals surface area (Å²) in [5.74, 6) is 0.0373. The van der Waals surface area contributed by atoms with E-state index in [0.29, 0.717) is 18.0 Å². The second-order valence-corrected chi connectivity index (χ2v) is 4.90. The van der Waals surface area contributed by atoms with Gasteiger partial charge in [-0.05, 0) is 49.4 Å². The van der Waals surface area contributed by atoms with Crippen molar-refractivity contribution in [1.82, 2.24) is 0 Å². The summed E-state index contributed by atoms with van der Waals surface area (Å²) in [6, 6.07) is 11.3. The summed E-state index contributed by atoms with van der Waals surface area (Å²) in [5.41, 5.74) is 1.25. The first-order valence-electron chi connectivity index (χ1n) is 6.80. The molecule has 1 amide bonds. The van der Waals surface area contributed by atoms with Crippen LogP contribution in [0, 0.1) is 5.82 Å². The Kier molecular flexibility index (Phi) is 5.61. The van der Waals surface area contributed by atoms with Gasteiger partial charge in [0.1, 0.15) is 11.6 Å². The SMILES string of the molecule is CCOc1ccc(NC(=O)CNc2ccc(F)c(Cl)c2)cc1. The maximum absolute atomic E-state index is 13.0. The number of nitrogens with one attached hydrogen (secondary N) is 2. The molecule has 2 aromatic carbocycles. The first-order valence-corrected chi connectivity index (χ1v) is 7.18. The highest BCUT2D eigenvalue weighted by Gasteiger charge is 2.05. The van der Waals surface area contributed by atoms with E-state index in [0.717, 1.165) is 5.75 Å². The van der Waals surface area contributed by atoms with E-state index in [-0.39, 0.29) is 17.5 Å². The maximum atomic E-state index is 13.0. The third-order valence-corrected chi connectivity index (χ3v) is 3.11. The Morgan fingerprint density at radius 3 is 2.50 bits per heavy atom. The molecular weight excluding hydrogens is 307 g/mol. The van der Waals surface area contributed by atoms with Crippen molar-refractivity contribution in [3.63, 3.8) is 0 Å². The van der Waals surface area contributed by atoms with Crippen LogP contribution in [-0.2, 0) is 4.79 Å². The number of rotatable bonds is 6. The smallest absolute Gasteiger partial charge is 0.243 e. The zero-order valence-electron chi connectivity index (χ0n) is 12.0. The van der Waals surface area contributed by atoms with Gasteiger partial charge in [0.25, 0.3) is 0 Å². The minimum absolute atomic E-state index is 0.0110. The van der Waals surface area contributed by atoms with Gasteiger partial charge in [0.15, 0.2) is 0 Å². The first kappa shape index (κ1) is 16.1. The highest BCUT2D eigenvalue weighted by molar-refractivity contribution is 6.31. The minimum Gasteiger partial charge on any atom is -0.494 e. The summed E-state index contributed by atoms with van der Waals surface area (Å²) < 4.78 is 18.3. The Bertz CT molecular complexity index is 647. The lowest BCUT2D eigenvalue weighted by molar-refractivity contribution is -0.114. The van der Waals surface area contributed by atoms with Crippen LogP contribution in [0.2, 0.25) is 5.02 Å². The number of halogens is 2. The van der Waals surface area contributed by atoms with Gasteiger partial charge < -0.3 is 15.4 Å². The molecule has 2 N–H and O–H groups in total. The molecule has 0 radical (unpaired) electrons. The van der Waals surface area contributed by atoms with E-state index in [2.05, 4.69) is 10.6 Å². The van der Waals surface area contributed by atoms with Crippen LogP contribution in [0.3, 0.4) is 0 Å². The summed E-state index contributed by atoms with van der Waals surface area (Å²) >= 11 is 5.67. The van der Waals surface area contributed by atoms with Crippen molar-refractivity contribution in [1.29, 1.82) is 0 Å². The summed E-state index contributed by atoms with van der Waals surface area (Å²) in [4.78, 5) is 11.8.